The molecule has 6 aromatic carbocycles. The molecule has 0 aliphatic carbocycles. The molecule has 262 valence electrons. The second-order valence-corrected chi connectivity index (χ2v) is 12.7. The first-order valence-electron chi connectivity index (χ1n) is 16.7. The molecule has 0 saturated carbocycles. The molecular formula is C44H26O10. The normalized spacial score (nSPS) is 12.9. The van der Waals surface area contributed by atoms with Crippen molar-refractivity contribution in [2.45, 2.75) is 13.8 Å². The number of carbonyl (C=O) groups is 6. The van der Waals surface area contributed by atoms with Crippen LogP contribution < -0.4 is 9.47 Å². The minimum Gasteiger partial charge on any atom is -0.423 e. The summed E-state index contributed by atoms with van der Waals surface area (Å²) in [4.78, 5) is 73.6. The van der Waals surface area contributed by atoms with Crippen molar-refractivity contribution in [2.75, 3.05) is 0 Å². The fraction of sp³-hybridized carbons (Fsp3) is 0.0455. The maximum absolute atomic E-state index is 13.0. The average molecular weight is 715 g/mol. The van der Waals surface area contributed by atoms with E-state index in [9.17, 15) is 28.8 Å². The minimum absolute atomic E-state index is 0.0229. The summed E-state index contributed by atoms with van der Waals surface area (Å²) in [6, 6.07) is 35.1. The predicted molar refractivity (Wildman–Crippen MR) is 195 cm³/mol. The Morgan fingerprint density at radius 1 is 0.407 bits per heavy atom. The molecule has 0 radical (unpaired) electrons. The highest BCUT2D eigenvalue weighted by Crippen LogP contribution is 2.40. The van der Waals surface area contributed by atoms with E-state index >= 15 is 0 Å². The quantitative estimate of drug-likeness (QED) is 0.0900. The van der Waals surface area contributed by atoms with Crippen LogP contribution in [0.2, 0.25) is 0 Å². The minimum atomic E-state index is -0.803. The molecule has 0 N–H and O–H groups in total. The van der Waals surface area contributed by atoms with Crippen molar-refractivity contribution in [1.29, 1.82) is 0 Å². The summed E-state index contributed by atoms with van der Waals surface area (Å²) >= 11 is 0. The monoisotopic (exact) mass is 714 g/mol. The molecule has 0 saturated heterocycles. The van der Waals surface area contributed by atoms with Gasteiger partial charge in [0.15, 0.2) is 0 Å². The fourth-order valence-corrected chi connectivity index (χ4v) is 6.54. The average Bonchev–Trinajstić information content (AvgIpc) is 3.64. The molecular weight excluding hydrogens is 688 g/mol. The van der Waals surface area contributed by atoms with E-state index in [0.29, 0.717) is 22.6 Å². The molecule has 10 nitrogen and oxygen atoms in total. The molecule has 0 unspecified atom stereocenters. The van der Waals surface area contributed by atoms with Crippen molar-refractivity contribution in [3.05, 3.63) is 166 Å². The van der Waals surface area contributed by atoms with Crippen molar-refractivity contribution in [3.8, 4) is 44.9 Å². The molecule has 0 fully saturated rings. The Morgan fingerprint density at radius 3 is 1.17 bits per heavy atom. The third-order valence-corrected chi connectivity index (χ3v) is 9.28. The number of hydrogen-bond donors (Lipinski definition) is 0. The lowest BCUT2D eigenvalue weighted by Gasteiger charge is -2.17. The van der Waals surface area contributed by atoms with Gasteiger partial charge in [0.2, 0.25) is 0 Å². The molecule has 0 atom stereocenters. The maximum atomic E-state index is 13.0. The smallest absolute Gasteiger partial charge is 0.346 e. The third kappa shape index (κ3) is 6.01. The maximum Gasteiger partial charge on any atom is 0.346 e. The summed E-state index contributed by atoms with van der Waals surface area (Å²) < 4.78 is 20.6. The summed E-state index contributed by atoms with van der Waals surface area (Å²) in [5, 5.41) is 0. The van der Waals surface area contributed by atoms with Gasteiger partial charge in [0.1, 0.15) is 11.5 Å². The number of esters is 6. The van der Waals surface area contributed by atoms with Crippen molar-refractivity contribution in [3.63, 3.8) is 0 Å². The van der Waals surface area contributed by atoms with Crippen LogP contribution >= 0.6 is 0 Å². The SMILES string of the molecule is Cc1cc(-c2ccccc2-c2ccccc2-c2ccc(OC(=O)c3ccc4c(c3)C(=O)OC4=O)c(C)c2)ccc1OC(=O)c1ccc2c(c1)C(=O)OC2=O. The molecule has 2 heterocycles. The molecule has 0 aromatic heterocycles. The van der Waals surface area contributed by atoms with Gasteiger partial charge in [-0.3, -0.25) is 0 Å². The lowest BCUT2D eigenvalue weighted by Crippen LogP contribution is -2.10. The molecule has 2 aliphatic rings. The van der Waals surface area contributed by atoms with Crippen molar-refractivity contribution in [1.82, 2.24) is 0 Å². The van der Waals surface area contributed by atoms with Gasteiger partial charge in [-0.1, -0.05) is 60.7 Å². The van der Waals surface area contributed by atoms with E-state index in [1.165, 1.54) is 36.4 Å². The Hall–Kier alpha value is -7.46. The molecule has 6 aromatic rings. The Morgan fingerprint density at radius 2 is 0.778 bits per heavy atom. The number of benzene rings is 6. The number of aryl methyl sites for hydroxylation is 2. The van der Waals surface area contributed by atoms with Crippen LogP contribution in [0.25, 0.3) is 33.4 Å². The molecule has 8 rings (SSSR count). The molecule has 54 heavy (non-hydrogen) atoms. The summed E-state index contributed by atoms with van der Waals surface area (Å²) in [7, 11) is 0. The van der Waals surface area contributed by atoms with Gasteiger partial charge in [-0.05, 0) is 119 Å². The van der Waals surface area contributed by atoms with Gasteiger partial charge in [-0.25, -0.2) is 28.8 Å². The number of fused-ring (bicyclic) bond motifs is 2. The Bertz CT molecular complexity index is 2470. The highest BCUT2D eigenvalue weighted by molar-refractivity contribution is 6.16. The van der Waals surface area contributed by atoms with Crippen LogP contribution in [0.1, 0.15) is 73.3 Å². The van der Waals surface area contributed by atoms with Gasteiger partial charge in [0.25, 0.3) is 0 Å². The van der Waals surface area contributed by atoms with Crippen LogP contribution in [0.15, 0.2) is 121 Å². The second kappa shape index (κ2) is 13.3. The molecule has 0 bridgehead atoms. The third-order valence-electron chi connectivity index (χ3n) is 9.28. The first kappa shape index (κ1) is 33.7. The highest BCUT2D eigenvalue weighted by atomic mass is 16.6. The molecule has 2 aliphatic heterocycles. The predicted octanol–water partition coefficient (Wildman–Crippen LogP) is 8.36. The topological polar surface area (TPSA) is 139 Å². The van der Waals surface area contributed by atoms with Crippen LogP contribution in [0, 0.1) is 13.8 Å². The molecule has 10 heteroatoms. The van der Waals surface area contributed by atoms with Crippen molar-refractivity contribution >= 4 is 35.8 Å². The summed E-state index contributed by atoms with van der Waals surface area (Å²) in [6.45, 7) is 3.66. The number of rotatable bonds is 7. The lowest BCUT2D eigenvalue weighted by molar-refractivity contribution is 0.0425. The van der Waals surface area contributed by atoms with Gasteiger partial charge in [-0.2, -0.15) is 0 Å². The van der Waals surface area contributed by atoms with E-state index in [1.54, 1.807) is 12.1 Å². The van der Waals surface area contributed by atoms with Crippen molar-refractivity contribution < 1.29 is 47.7 Å². The zero-order valence-electron chi connectivity index (χ0n) is 28.6. The van der Waals surface area contributed by atoms with Crippen LogP contribution in [0.5, 0.6) is 11.5 Å². The van der Waals surface area contributed by atoms with Gasteiger partial charge < -0.3 is 18.9 Å². The van der Waals surface area contributed by atoms with Gasteiger partial charge >= 0.3 is 35.8 Å². The summed E-state index contributed by atoms with van der Waals surface area (Å²) in [6.07, 6.45) is 0. The highest BCUT2D eigenvalue weighted by Gasteiger charge is 2.32. The Balaban J connectivity index is 1.04. The zero-order valence-corrected chi connectivity index (χ0v) is 28.6. The largest absolute Gasteiger partial charge is 0.423 e. The number of hydrogen-bond acceptors (Lipinski definition) is 10. The van der Waals surface area contributed by atoms with Crippen LogP contribution in [-0.4, -0.2) is 35.8 Å². The molecule has 0 amide bonds. The molecule has 0 spiro atoms. The van der Waals surface area contributed by atoms with Crippen molar-refractivity contribution in [2.24, 2.45) is 0 Å². The number of ether oxygens (including phenoxy) is 4. The van der Waals surface area contributed by atoms with Gasteiger partial charge in [-0.15, -0.1) is 0 Å². The van der Waals surface area contributed by atoms with Gasteiger partial charge in [0, 0.05) is 0 Å². The van der Waals surface area contributed by atoms with E-state index in [0.717, 1.165) is 33.4 Å². The van der Waals surface area contributed by atoms with Crippen LogP contribution in [0.3, 0.4) is 0 Å². The summed E-state index contributed by atoms with van der Waals surface area (Å²) in [5.74, 6) is -3.79. The van der Waals surface area contributed by atoms with Gasteiger partial charge in [0.05, 0.1) is 33.4 Å². The van der Waals surface area contributed by atoms with Crippen LogP contribution in [0.4, 0.5) is 0 Å². The van der Waals surface area contributed by atoms with E-state index in [1.807, 2.05) is 86.6 Å². The summed E-state index contributed by atoms with van der Waals surface area (Å²) in [5.41, 5.74) is 7.45. The fourth-order valence-electron chi connectivity index (χ4n) is 6.54. The van der Waals surface area contributed by atoms with E-state index in [4.69, 9.17) is 9.47 Å². The standard InChI is InChI=1S/C44H26O10/c1-23-19-25(13-17-37(23)51-39(45)27-11-15-33-35(21-27)43(49)53-41(33)47)29-7-3-5-9-31(29)32-10-6-4-8-30(32)26-14-18-38(24(2)20-26)52-40(46)28-12-16-34-36(22-28)44(50)54-42(34)48/h3-22H,1-2H3. The Kier molecular flexibility index (Phi) is 8.27. The zero-order chi connectivity index (χ0) is 37.7. The van der Waals surface area contributed by atoms with E-state index in [2.05, 4.69) is 9.47 Å². The second-order valence-electron chi connectivity index (χ2n) is 12.7. The van der Waals surface area contributed by atoms with Crippen LogP contribution in [-0.2, 0) is 9.47 Å². The van der Waals surface area contributed by atoms with E-state index < -0.39 is 35.8 Å². The first-order valence-corrected chi connectivity index (χ1v) is 16.7. The number of cyclic esters (lactones) is 4. The first-order chi connectivity index (χ1) is 26.0. The lowest BCUT2D eigenvalue weighted by atomic mass is 9.88. The van der Waals surface area contributed by atoms with E-state index in [-0.39, 0.29) is 33.4 Å². The Labute approximate surface area is 307 Å². The number of carbonyl (C=O) groups excluding carboxylic acids is 6.